The standard InChI is InChI=1S/C13H18N4O3/c1-19-8-6-17(5-7-18)10-12-15-13(16-20-12)11-3-2-4-14-9-11/h2-4,9,18H,5-8,10H2,1H3. The van der Waals surface area contributed by atoms with E-state index in [1.54, 1.807) is 19.5 Å². The van der Waals surface area contributed by atoms with Crippen LogP contribution in [0.5, 0.6) is 0 Å². The van der Waals surface area contributed by atoms with Crippen LogP contribution in [0.15, 0.2) is 29.0 Å². The van der Waals surface area contributed by atoms with Gasteiger partial charge in [-0.25, -0.2) is 0 Å². The number of hydrogen-bond donors (Lipinski definition) is 1. The minimum absolute atomic E-state index is 0.0767. The molecule has 20 heavy (non-hydrogen) atoms. The molecule has 0 fully saturated rings. The highest BCUT2D eigenvalue weighted by atomic mass is 16.5. The fourth-order valence-electron chi connectivity index (χ4n) is 1.75. The Balaban J connectivity index is 2.00. The van der Waals surface area contributed by atoms with Crippen molar-refractivity contribution >= 4 is 0 Å². The molecule has 7 heteroatoms. The van der Waals surface area contributed by atoms with Gasteiger partial charge < -0.3 is 14.4 Å². The summed E-state index contributed by atoms with van der Waals surface area (Å²) in [4.78, 5) is 10.3. The number of ether oxygens (including phenoxy) is 1. The van der Waals surface area contributed by atoms with E-state index in [0.29, 0.717) is 38.0 Å². The first-order valence-corrected chi connectivity index (χ1v) is 6.38. The van der Waals surface area contributed by atoms with Crippen molar-refractivity contribution < 1.29 is 14.4 Å². The molecule has 0 atom stereocenters. The topological polar surface area (TPSA) is 84.5 Å². The predicted octanol–water partition coefficient (Wildman–Crippen LogP) is 0.572. The molecule has 2 aromatic heterocycles. The first-order chi connectivity index (χ1) is 9.83. The number of methoxy groups -OCH3 is 1. The molecule has 0 radical (unpaired) electrons. The van der Waals surface area contributed by atoms with Crippen LogP contribution in [0.4, 0.5) is 0 Å². The van der Waals surface area contributed by atoms with Crippen LogP contribution >= 0.6 is 0 Å². The zero-order valence-electron chi connectivity index (χ0n) is 11.4. The normalized spacial score (nSPS) is 11.2. The van der Waals surface area contributed by atoms with Crippen molar-refractivity contribution in [3.63, 3.8) is 0 Å². The van der Waals surface area contributed by atoms with Gasteiger partial charge in [0.05, 0.1) is 19.8 Å². The molecule has 0 aliphatic heterocycles. The van der Waals surface area contributed by atoms with Gasteiger partial charge in [-0.2, -0.15) is 4.98 Å². The Morgan fingerprint density at radius 2 is 2.30 bits per heavy atom. The van der Waals surface area contributed by atoms with Crippen molar-refractivity contribution in [2.24, 2.45) is 0 Å². The maximum Gasteiger partial charge on any atom is 0.241 e. The van der Waals surface area contributed by atoms with Crippen molar-refractivity contribution in [1.82, 2.24) is 20.0 Å². The molecule has 2 aromatic rings. The van der Waals surface area contributed by atoms with Crippen LogP contribution in [0.25, 0.3) is 11.4 Å². The quantitative estimate of drug-likeness (QED) is 0.755. The largest absolute Gasteiger partial charge is 0.395 e. The minimum atomic E-state index is 0.0767. The van der Waals surface area contributed by atoms with Crippen molar-refractivity contribution in [2.45, 2.75) is 6.54 Å². The monoisotopic (exact) mass is 278 g/mol. The first kappa shape index (κ1) is 14.6. The van der Waals surface area contributed by atoms with Gasteiger partial charge in [-0.05, 0) is 12.1 Å². The Morgan fingerprint density at radius 1 is 1.40 bits per heavy atom. The van der Waals surface area contributed by atoms with Crippen LogP contribution in [0.3, 0.4) is 0 Å². The Morgan fingerprint density at radius 3 is 3.00 bits per heavy atom. The van der Waals surface area contributed by atoms with Crippen LogP contribution in [0, 0.1) is 0 Å². The molecule has 1 N–H and O–H groups in total. The lowest BCUT2D eigenvalue weighted by Crippen LogP contribution is -2.29. The van der Waals surface area contributed by atoms with Gasteiger partial charge >= 0.3 is 0 Å². The number of aliphatic hydroxyl groups excluding tert-OH is 1. The van der Waals surface area contributed by atoms with Crippen molar-refractivity contribution in [2.75, 3.05) is 33.4 Å². The highest BCUT2D eigenvalue weighted by Gasteiger charge is 2.12. The number of hydrogen-bond acceptors (Lipinski definition) is 7. The van der Waals surface area contributed by atoms with Crippen LogP contribution in [0.1, 0.15) is 5.89 Å². The summed E-state index contributed by atoms with van der Waals surface area (Å²) < 4.78 is 10.3. The second-order valence-corrected chi connectivity index (χ2v) is 4.25. The van der Waals surface area contributed by atoms with E-state index in [0.717, 1.165) is 5.56 Å². The molecule has 0 bridgehead atoms. The second-order valence-electron chi connectivity index (χ2n) is 4.25. The fraction of sp³-hybridized carbons (Fsp3) is 0.462. The van der Waals surface area contributed by atoms with E-state index in [1.165, 1.54) is 0 Å². The first-order valence-electron chi connectivity index (χ1n) is 6.38. The summed E-state index contributed by atoms with van der Waals surface area (Å²) >= 11 is 0. The number of nitrogens with zero attached hydrogens (tertiary/aromatic N) is 4. The Bertz CT molecular complexity index is 503. The molecular formula is C13H18N4O3. The number of rotatable bonds is 8. The molecule has 0 spiro atoms. The molecule has 2 heterocycles. The summed E-state index contributed by atoms with van der Waals surface area (Å²) in [5, 5.41) is 13.0. The van der Waals surface area contributed by atoms with E-state index in [1.807, 2.05) is 17.0 Å². The number of aliphatic hydroxyl groups is 1. The molecule has 0 unspecified atom stereocenters. The van der Waals surface area contributed by atoms with Gasteiger partial charge in [0, 0.05) is 38.2 Å². The lowest BCUT2D eigenvalue weighted by Gasteiger charge is -2.18. The third-order valence-electron chi connectivity index (χ3n) is 2.77. The van der Waals surface area contributed by atoms with E-state index in [2.05, 4.69) is 15.1 Å². The molecule has 0 amide bonds. The van der Waals surface area contributed by atoms with Gasteiger partial charge in [0.1, 0.15) is 0 Å². The van der Waals surface area contributed by atoms with Crippen LogP contribution in [-0.4, -0.2) is 58.5 Å². The Kier molecular flexibility index (Phi) is 5.60. The average Bonchev–Trinajstić information content (AvgIpc) is 2.94. The van der Waals surface area contributed by atoms with E-state index < -0.39 is 0 Å². The molecule has 0 aliphatic rings. The molecular weight excluding hydrogens is 260 g/mol. The SMILES string of the molecule is COCCN(CCO)Cc1nc(-c2cccnc2)no1. The van der Waals surface area contributed by atoms with E-state index >= 15 is 0 Å². The summed E-state index contributed by atoms with van der Waals surface area (Å²) in [6.07, 6.45) is 3.38. The smallest absolute Gasteiger partial charge is 0.241 e. The molecule has 0 aliphatic carbocycles. The van der Waals surface area contributed by atoms with E-state index in [4.69, 9.17) is 14.4 Å². The molecule has 0 aromatic carbocycles. The summed E-state index contributed by atoms with van der Waals surface area (Å²) in [7, 11) is 1.64. The van der Waals surface area contributed by atoms with Crippen LogP contribution in [0.2, 0.25) is 0 Å². The maximum absolute atomic E-state index is 9.04. The summed E-state index contributed by atoms with van der Waals surface area (Å²) in [6, 6.07) is 3.69. The maximum atomic E-state index is 9.04. The van der Waals surface area contributed by atoms with Gasteiger partial charge in [-0.1, -0.05) is 5.16 Å². The second kappa shape index (κ2) is 7.68. The highest BCUT2D eigenvalue weighted by Crippen LogP contribution is 2.14. The van der Waals surface area contributed by atoms with Crippen molar-refractivity contribution in [3.05, 3.63) is 30.4 Å². The molecule has 0 saturated heterocycles. The predicted molar refractivity (Wildman–Crippen MR) is 71.8 cm³/mol. The summed E-state index contributed by atoms with van der Waals surface area (Å²) in [6.45, 7) is 2.38. The lowest BCUT2D eigenvalue weighted by atomic mass is 10.3. The minimum Gasteiger partial charge on any atom is -0.395 e. The number of pyridine rings is 1. The Hall–Kier alpha value is -1.83. The average molecular weight is 278 g/mol. The fourth-order valence-corrected chi connectivity index (χ4v) is 1.75. The Labute approximate surface area is 117 Å². The van der Waals surface area contributed by atoms with Gasteiger partial charge in [0.15, 0.2) is 0 Å². The summed E-state index contributed by atoms with van der Waals surface area (Å²) in [5.74, 6) is 1.03. The van der Waals surface area contributed by atoms with Gasteiger partial charge in [-0.15, -0.1) is 0 Å². The van der Waals surface area contributed by atoms with Gasteiger partial charge in [0.2, 0.25) is 11.7 Å². The van der Waals surface area contributed by atoms with E-state index in [9.17, 15) is 0 Å². The molecule has 0 saturated carbocycles. The van der Waals surface area contributed by atoms with Gasteiger partial charge in [0.25, 0.3) is 0 Å². The van der Waals surface area contributed by atoms with Gasteiger partial charge in [-0.3, -0.25) is 9.88 Å². The third kappa shape index (κ3) is 4.09. The lowest BCUT2D eigenvalue weighted by molar-refractivity contribution is 0.118. The van der Waals surface area contributed by atoms with Crippen molar-refractivity contribution in [1.29, 1.82) is 0 Å². The molecule has 2 rings (SSSR count). The zero-order valence-corrected chi connectivity index (χ0v) is 11.4. The zero-order chi connectivity index (χ0) is 14.2. The third-order valence-corrected chi connectivity index (χ3v) is 2.77. The van der Waals surface area contributed by atoms with Crippen LogP contribution in [-0.2, 0) is 11.3 Å². The highest BCUT2D eigenvalue weighted by molar-refractivity contribution is 5.51. The number of aromatic nitrogens is 3. The summed E-state index contributed by atoms with van der Waals surface area (Å²) in [5.41, 5.74) is 0.813. The van der Waals surface area contributed by atoms with Crippen molar-refractivity contribution in [3.8, 4) is 11.4 Å². The molecule has 108 valence electrons. The van der Waals surface area contributed by atoms with Crippen LogP contribution < -0.4 is 0 Å². The van der Waals surface area contributed by atoms with E-state index in [-0.39, 0.29) is 6.61 Å². The molecule has 7 nitrogen and oxygen atoms in total.